The molecule has 0 amide bonds. The Balaban J connectivity index is 2.25. The summed E-state index contributed by atoms with van der Waals surface area (Å²) in [4.78, 5) is 16.6. The first-order chi connectivity index (χ1) is 8.17. The maximum atomic E-state index is 10.9. The summed E-state index contributed by atoms with van der Waals surface area (Å²) in [5, 5.41) is 4.47. The number of carbonyl (C=O) groups is 1. The summed E-state index contributed by atoms with van der Waals surface area (Å²) in [6.45, 7) is 5.03. The van der Waals surface area contributed by atoms with Crippen LogP contribution in [0.1, 0.15) is 42.6 Å². The van der Waals surface area contributed by atoms with Crippen LogP contribution in [0, 0.1) is 0 Å². The zero-order valence-electron chi connectivity index (χ0n) is 10.7. The van der Waals surface area contributed by atoms with E-state index in [2.05, 4.69) is 28.9 Å². The van der Waals surface area contributed by atoms with Gasteiger partial charge in [0.1, 0.15) is 5.01 Å². The molecule has 0 radical (unpaired) electrons. The number of nitrogens with zero attached hydrogens (tertiary/aromatic N) is 1. The highest BCUT2D eigenvalue weighted by Gasteiger charge is 2.09. The first-order valence-electron chi connectivity index (χ1n) is 5.92. The van der Waals surface area contributed by atoms with Gasteiger partial charge in [0.15, 0.2) is 0 Å². The number of methoxy groups -OCH3 is 1. The lowest BCUT2D eigenvalue weighted by Crippen LogP contribution is -2.20. The molecule has 1 N–H and O–H groups in total. The second kappa shape index (κ2) is 7.40. The van der Waals surface area contributed by atoms with Crippen molar-refractivity contribution in [2.45, 2.75) is 39.2 Å². The smallest absolute Gasteiger partial charge is 0.305 e. The summed E-state index contributed by atoms with van der Waals surface area (Å²) >= 11 is 1.74. The molecular formula is C12H20N2O2S. The van der Waals surface area contributed by atoms with E-state index in [1.165, 1.54) is 12.0 Å². The van der Waals surface area contributed by atoms with Crippen molar-refractivity contribution in [3.05, 3.63) is 16.1 Å². The zero-order chi connectivity index (χ0) is 12.7. The molecule has 4 nitrogen and oxygen atoms in total. The van der Waals surface area contributed by atoms with Crippen LogP contribution in [0.15, 0.2) is 6.20 Å². The van der Waals surface area contributed by atoms with Gasteiger partial charge in [-0.3, -0.25) is 4.79 Å². The van der Waals surface area contributed by atoms with E-state index in [4.69, 9.17) is 0 Å². The van der Waals surface area contributed by atoms with Crippen LogP contribution in [-0.4, -0.2) is 24.6 Å². The number of carbonyl (C=O) groups excluding carboxylic acids is 1. The van der Waals surface area contributed by atoms with Crippen LogP contribution >= 0.6 is 11.3 Å². The second-order valence-corrected chi connectivity index (χ2v) is 5.02. The van der Waals surface area contributed by atoms with E-state index in [-0.39, 0.29) is 12.0 Å². The minimum atomic E-state index is -0.151. The maximum absolute atomic E-state index is 10.9. The fourth-order valence-electron chi connectivity index (χ4n) is 1.43. The van der Waals surface area contributed by atoms with Crippen LogP contribution in [0.3, 0.4) is 0 Å². The van der Waals surface area contributed by atoms with Crippen LogP contribution in [0.2, 0.25) is 0 Å². The Labute approximate surface area is 106 Å². The Morgan fingerprint density at radius 3 is 3.00 bits per heavy atom. The Morgan fingerprint density at radius 1 is 1.65 bits per heavy atom. The lowest BCUT2D eigenvalue weighted by molar-refractivity contribution is -0.140. The van der Waals surface area contributed by atoms with Gasteiger partial charge in [0.05, 0.1) is 13.2 Å². The minimum Gasteiger partial charge on any atom is -0.469 e. The lowest BCUT2D eigenvalue weighted by atomic mass is 10.3. The number of nitrogens with one attached hydrogen (secondary N) is 1. The van der Waals surface area contributed by atoms with Crippen LogP contribution in [0.5, 0.6) is 0 Å². The zero-order valence-corrected chi connectivity index (χ0v) is 11.5. The first kappa shape index (κ1) is 14.1. The number of thiazole rings is 1. The van der Waals surface area contributed by atoms with Crippen LogP contribution in [0.25, 0.3) is 0 Å². The molecule has 1 rings (SSSR count). The van der Waals surface area contributed by atoms with E-state index < -0.39 is 0 Å². The molecule has 0 fully saturated rings. The predicted octanol–water partition coefficient (Wildman–Crippen LogP) is 2.31. The second-order valence-electron chi connectivity index (χ2n) is 3.87. The van der Waals surface area contributed by atoms with Gasteiger partial charge in [-0.1, -0.05) is 6.92 Å². The number of aromatic nitrogens is 1. The molecule has 0 saturated carbocycles. The first-order valence-corrected chi connectivity index (χ1v) is 6.73. The van der Waals surface area contributed by atoms with Crippen LogP contribution in [0.4, 0.5) is 0 Å². The van der Waals surface area contributed by atoms with E-state index in [1.54, 1.807) is 11.3 Å². The largest absolute Gasteiger partial charge is 0.469 e. The topological polar surface area (TPSA) is 51.2 Å². The highest BCUT2D eigenvalue weighted by atomic mass is 32.1. The molecule has 1 atom stereocenters. The fourth-order valence-corrected chi connectivity index (χ4v) is 2.31. The van der Waals surface area contributed by atoms with Gasteiger partial charge in [-0.05, 0) is 26.3 Å². The lowest BCUT2D eigenvalue weighted by Gasteiger charge is -2.10. The molecule has 0 saturated heterocycles. The Bertz CT molecular complexity index is 352. The van der Waals surface area contributed by atoms with E-state index in [0.29, 0.717) is 6.42 Å². The normalized spacial score (nSPS) is 12.4. The molecule has 1 unspecified atom stereocenters. The molecule has 0 aliphatic heterocycles. The number of hydrogen-bond donors (Lipinski definition) is 1. The quantitative estimate of drug-likeness (QED) is 0.601. The predicted molar refractivity (Wildman–Crippen MR) is 69.2 cm³/mol. The standard InChI is InChI=1S/C12H20N2O2S/c1-4-10-8-14-12(17-10)9(2)13-7-5-6-11(15)16-3/h8-9,13H,4-7H2,1-3H3. The summed E-state index contributed by atoms with van der Waals surface area (Å²) in [7, 11) is 1.42. The fraction of sp³-hybridized carbons (Fsp3) is 0.667. The molecule has 1 aromatic heterocycles. The molecule has 0 aliphatic carbocycles. The van der Waals surface area contributed by atoms with Gasteiger partial charge in [0.25, 0.3) is 0 Å². The van der Waals surface area contributed by atoms with Crippen molar-refractivity contribution >= 4 is 17.3 Å². The number of hydrogen-bond acceptors (Lipinski definition) is 5. The molecule has 0 aliphatic rings. The molecule has 0 bridgehead atoms. The molecule has 5 heteroatoms. The van der Waals surface area contributed by atoms with Crippen molar-refractivity contribution < 1.29 is 9.53 Å². The molecular weight excluding hydrogens is 236 g/mol. The van der Waals surface area contributed by atoms with Gasteiger partial charge in [-0.2, -0.15) is 0 Å². The van der Waals surface area contributed by atoms with Crippen molar-refractivity contribution in [3.63, 3.8) is 0 Å². The number of rotatable bonds is 7. The van der Waals surface area contributed by atoms with Crippen LogP contribution < -0.4 is 5.32 Å². The molecule has 1 heterocycles. The highest BCUT2D eigenvalue weighted by molar-refractivity contribution is 7.11. The van der Waals surface area contributed by atoms with Crippen molar-refractivity contribution in [2.24, 2.45) is 0 Å². The molecule has 1 aromatic rings. The van der Waals surface area contributed by atoms with Crippen molar-refractivity contribution in [3.8, 4) is 0 Å². The van der Waals surface area contributed by atoms with Gasteiger partial charge < -0.3 is 10.1 Å². The van der Waals surface area contributed by atoms with Crippen molar-refractivity contribution in [1.29, 1.82) is 0 Å². The minimum absolute atomic E-state index is 0.151. The maximum Gasteiger partial charge on any atom is 0.305 e. The monoisotopic (exact) mass is 256 g/mol. The van der Waals surface area contributed by atoms with E-state index >= 15 is 0 Å². The highest BCUT2D eigenvalue weighted by Crippen LogP contribution is 2.19. The molecule has 0 spiro atoms. The molecule has 17 heavy (non-hydrogen) atoms. The Kier molecular flexibility index (Phi) is 6.15. The summed E-state index contributed by atoms with van der Waals surface area (Å²) in [5.41, 5.74) is 0. The van der Waals surface area contributed by atoms with Gasteiger partial charge in [-0.25, -0.2) is 4.98 Å². The van der Waals surface area contributed by atoms with E-state index in [0.717, 1.165) is 24.4 Å². The van der Waals surface area contributed by atoms with E-state index in [1.807, 2.05) is 6.20 Å². The van der Waals surface area contributed by atoms with Gasteiger partial charge >= 0.3 is 5.97 Å². The molecule has 0 aromatic carbocycles. The Morgan fingerprint density at radius 2 is 2.41 bits per heavy atom. The summed E-state index contributed by atoms with van der Waals surface area (Å²) in [5.74, 6) is -0.151. The number of ether oxygens (including phenoxy) is 1. The van der Waals surface area contributed by atoms with Gasteiger partial charge in [-0.15, -0.1) is 11.3 Å². The van der Waals surface area contributed by atoms with E-state index in [9.17, 15) is 4.79 Å². The van der Waals surface area contributed by atoms with Gasteiger partial charge in [0.2, 0.25) is 0 Å². The third kappa shape index (κ3) is 4.83. The number of esters is 1. The number of aryl methyl sites for hydroxylation is 1. The average Bonchev–Trinajstić information content (AvgIpc) is 2.82. The molecule has 96 valence electrons. The third-order valence-electron chi connectivity index (χ3n) is 2.53. The summed E-state index contributed by atoms with van der Waals surface area (Å²) < 4.78 is 4.58. The summed E-state index contributed by atoms with van der Waals surface area (Å²) in [6.07, 6.45) is 4.23. The Hall–Kier alpha value is -0.940. The van der Waals surface area contributed by atoms with Crippen molar-refractivity contribution in [1.82, 2.24) is 10.3 Å². The van der Waals surface area contributed by atoms with Crippen molar-refractivity contribution in [2.75, 3.05) is 13.7 Å². The SMILES string of the molecule is CCc1cnc(C(C)NCCCC(=O)OC)s1. The van der Waals surface area contributed by atoms with Gasteiger partial charge in [0, 0.05) is 17.5 Å². The average molecular weight is 256 g/mol. The van der Waals surface area contributed by atoms with Crippen LogP contribution in [-0.2, 0) is 16.0 Å². The third-order valence-corrected chi connectivity index (χ3v) is 3.85. The summed E-state index contributed by atoms with van der Waals surface area (Å²) in [6, 6.07) is 0.248.